The van der Waals surface area contributed by atoms with Crippen molar-refractivity contribution in [1.29, 1.82) is 0 Å². The third-order valence-electron chi connectivity index (χ3n) is 5.82. The Morgan fingerprint density at radius 3 is 2.59 bits per heavy atom. The maximum absolute atomic E-state index is 12.1. The lowest BCUT2D eigenvalue weighted by Crippen LogP contribution is -2.38. The van der Waals surface area contributed by atoms with Crippen molar-refractivity contribution in [2.75, 3.05) is 31.2 Å². The number of nitro benzene ring substituents is 1. The number of nitrogens with zero attached hydrogens (tertiary/aromatic N) is 2. The molecule has 7 nitrogen and oxygen atoms in total. The Bertz CT molecular complexity index is 775. The molecule has 0 bridgehead atoms. The van der Waals surface area contributed by atoms with Crippen LogP contribution in [0.1, 0.15) is 44.9 Å². The van der Waals surface area contributed by atoms with Crippen LogP contribution in [0.5, 0.6) is 0 Å². The highest BCUT2D eigenvalue weighted by molar-refractivity contribution is 7.90. The lowest BCUT2D eigenvalue weighted by molar-refractivity contribution is -0.385. The highest BCUT2D eigenvalue weighted by Gasteiger charge is 2.28. The SMILES string of the molecule is CS(=O)(=O)c1cc([N+](=O)[O-])ccc1NCC1CCCN1CC1CCCCC1. The number of benzene rings is 1. The van der Waals surface area contributed by atoms with E-state index in [2.05, 4.69) is 10.2 Å². The fourth-order valence-electron chi connectivity index (χ4n) is 4.37. The van der Waals surface area contributed by atoms with Crippen LogP contribution in [0.25, 0.3) is 0 Å². The second-order valence-corrected chi connectivity index (χ2v) is 9.87. The van der Waals surface area contributed by atoms with Gasteiger partial charge in [-0.2, -0.15) is 0 Å². The van der Waals surface area contributed by atoms with E-state index in [1.807, 2.05) is 0 Å². The van der Waals surface area contributed by atoms with Gasteiger partial charge in [-0.15, -0.1) is 0 Å². The lowest BCUT2D eigenvalue weighted by atomic mass is 9.89. The molecule has 1 aliphatic carbocycles. The molecule has 1 aromatic carbocycles. The maximum atomic E-state index is 12.1. The summed E-state index contributed by atoms with van der Waals surface area (Å²) in [5.41, 5.74) is 0.244. The van der Waals surface area contributed by atoms with E-state index in [1.165, 1.54) is 44.2 Å². The number of anilines is 1. The van der Waals surface area contributed by atoms with E-state index in [4.69, 9.17) is 0 Å². The molecule has 2 fully saturated rings. The Kier molecular flexibility index (Phi) is 6.37. The average Bonchev–Trinajstić information content (AvgIpc) is 3.07. The molecule has 0 aromatic heterocycles. The monoisotopic (exact) mass is 395 g/mol. The van der Waals surface area contributed by atoms with E-state index in [1.54, 1.807) is 0 Å². The summed E-state index contributed by atoms with van der Waals surface area (Å²) in [5, 5.41) is 14.2. The van der Waals surface area contributed by atoms with Gasteiger partial charge in [-0.3, -0.25) is 15.0 Å². The van der Waals surface area contributed by atoms with E-state index in [0.29, 0.717) is 18.3 Å². The van der Waals surface area contributed by atoms with Crippen molar-refractivity contribution < 1.29 is 13.3 Å². The number of non-ortho nitro benzene ring substituents is 1. The molecule has 27 heavy (non-hydrogen) atoms. The van der Waals surface area contributed by atoms with Crippen molar-refractivity contribution >= 4 is 21.2 Å². The van der Waals surface area contributed by atoms with Crippen molar-refractivity contribution in [1.82, 2.24) is 4.90 Å². The summed E-state index contributed by atoms with van der Waals surface area (Å²) in [6.45, 7) is 2.89. The van der Waals surface area contributed by atoms with E-state index in [9.17, 15) is 18.5 Å². The summed E-state index contributed by atoms with van der Waals surface area (Å²) >= 11 is 0. The smallest absolute Gasteiger partial charge is 0.270 e. The summed E-state index contributed by atoms with van der Waals surface area (Å²) in [7, 11) is -3.55. The van der Waals surface area contributed by atoms with Gasteiger partial charge >= 0.3 is 0 Å². The Labute approximate surface area is 161 Å². The maximum Gasteiger partial charge on any atom is 0.270 e. The van der Waals surface area contributed by atoms with Crippen molar-refractivity contribution in [3.05, 3.63) is 28.3 Å². The Hall–Kier alpha value is -1.67. The summed E-state index contributed by atoms with van der Waals surface area (Å²) in [6, 6.07) is 4.39. The third kappa shape index (κ3) is 5.19. The zero-order valence-corrected chi connectivity index (χ0v) is 16.7. The first-order valence-corrected chi connectivity index (χ1v) is 11.7. The molecular weight excluding hydrogens is 366 g/mol. The van der Waals surface area contributed by atoms with Crippen molar-refractivity contribution in [3.8, 4) is 0 Å². The van der Waals surface area contributed by atoms with Crippen LogP contribution in [-0.4, -0.2) is 50.2 Å². The molecule has 1 N–H and O–H groups in total. The molecule has 150 valence electrons. The number of nitrogens with one attached hydrogen (secondary N) is 1. The Morgan fingerprint density at radius 1 is 1.19 bits per heavy atom. The molecule has 1 unspecified atom stereocenters. The molecule has 0 amide bonds. The second kappa shape index (κ2) is 8.56. The van der Waals surface area contributed by atoms with Crippen LogP contribution in [0, 0.1) is 16.0 Å². The van der Waals surface area contributed by atoms with Gasteiger partial charge in [0, 0.05) is 37.5 Å². The molecule has 1 aliphatic heterocycles. The largest absolute Gasteiger partial charge is 0.382 e. The first kappa shape index (κ1) is 20.1. The van der Waals surface area contributed by atoms with E-state index in [0.717, 1.165) is 44.2 Å². The van der Waals surface area contributed by atoms with Gasteiger partial charge in [-0.25, -0.2) is 8.42 Å². The van der Waals surface area contributed by atoms with Crippen molar-refractivity contribution in [2.24, 2.45) is 5.92 Å². The highest BCUT2D eigenvalue weighted by Crippen LogP contribution is 2.29. The zero-order chi connectivity index (χ0) is 19.4. The van der Waals surface area contributed by atoms with Crippen LogP contribution in [0.3, 0.4) is 0 Å². The molecule has 2 aliphatic rings. The van der Waals surface area contributed by atoms with Gasteiger partial charge in [0.25, 0.3) is 5.69 Å². The molecular formula is C19H29N3O4S. The van der Waals surface area contributed by atoms with E-state index < -0.39 is 14.8 Å². The molecule has 0 spiro atoms. The van der Waals surface area contributed by atoms with Gasteiger partial charge in [-0.1, -0.05) is 19.3 Å². The van der Waals surface area contributed by atoms with Crippen LogP contribution >= 0.6 is 0 Å². The fraction of sp³-hybridized carbons (Fsp3) is 0.684. The van der Waals surface area contributed by atoms with Gasteiger partial charge in [0.2, 0.25) is 0 Å². The molecule has 3 rings (SSSR count). The minimum absolute atomic E-state index is 0.00599. The first-order valence-electron chi connectivity index (χ1n) is 9.81. The molecule has 1 saturated heterocycles. The normalized spacial score (nSPS) is 22.0. The van der Waals surface area contributed by atoms with Gasteiger partial charge in [0.05, 0.1) is 15.5 Å². The van der Waals surface area contributed by atoms with Gasteiger partial charge < -0.3 is 5.32 Å². The number of hydrogen-bond acceptors (Lipinski definition) is 6. The molecule has 0 radical (unpaired) electrons. The number of hydrogen-bond donors (Lipinski definition) is 1. The van der Waals surface area contributed by atoms with Gasteiger partial charge in [0.1, 0.15) is 0 Å². The van der Waals surface area contributed by atoms with Crippen LogP contribution in [0.2, 0.25) is 0 Å². The van der Waals surface area contributed by atoms with Crippen LogP contribution in [0.4, 0.5) is 11.4 Å². The standard InChI is InChI=1S/C19H29N3O4S/c1-27(25,26)19-12-16(22(23)24)9-10-18(19)20-13-17-8-5-11-21(17)14-15-6-3-2-4-7-15/h9-10,12,15,17,20H,2-8,11,13-14H2,1H3. The summed E-state index contributed by atoms with van der Waals surface area (Å²) in [6.07, 6.45) is 10.0. The summed E-state index contributed by atoms with van der Waals surface area (Å²) in [5.74, 6) is 0.783. The Morgan fingerprint density at radius 2 is 1.93 bits per heavy atom. The summed E-state index contributed by atoms with van der Waals surface area (Å²) in [4.78, 5) is 12.9. The molecule has 1 saturated carbocycles. The molecule has 1 atom stereocenters. The van der Waals surface area contributed by atoms with E-state index in [-0.39, 0.29) is 10.6 Å². The van der Waals surface area contributed by atoms with Crippen LogP contribution < -0.4 is 5.32 Å². The number of sulfone groups is 1. The fourth-order valence-corrected chi connectivity index (χ4v) is 5.25. The second-order valence-electron chi connectivity index (χ2n) is 7.89. The molecule has 1 aromatic rings. The molecule has 1 heterocycles. The van der Waals surface area contributed by atoms with Crippen molar-refractivity contribution in [2.45, 2.75) is 55.9 Å². The highest BCUT2D eigenvalue weighted by atomic mass is 32.2. The zero-order valence-electron chi connectivity index (χ0n) is 15.9. The van der Waals surface area contributed by atoms with Gasteiger partial charge in [0.15, 0.2) is 9.84 Å². The first-order chi connectivity index (χ1) is 12.8. The number of rotatable bonds is 7. The minimum atomic E-state index is -3.55. The quantitative estimate of drug-likeness (QED) is 0.561. The van der Waals surface area contributed by atoms with Crippen molar-refractivity contribution in [3.63, 3.8) is 0 Å². The molecule has 8 heteroatoms. The Balaban J connectivity index is 1.67. The van der Waals surface area contributed by atoms with Crippen LogP contribution in [-0.2, 0) is 9.84 Å². The number of likely N-dealkylation sites (tertiary alicyclic amines) is 1. The topological polar surface area (TPSA) is 92.5 Å². The van der Waals surface area contributed by atoms with Gasteiger partial charge in [-0.05, 0) is 44.2 Å². The minimum Gasteiger partial charge on any atom is -0.382 e. The number of nitro groups is 1. The van der Waals surface area contributed by atoms with Crippen LogP contribution in [0.15, 0.2) is 23.1 Å². The average molecular weight is 396 g/mol. The summed E-state index contributed by atoms with van der Waals surface area (Å²) < 4.78 is 24.2. The third-order valence-corrected chi connectivity index (χ3v) is 6.96. The predicted molar refractivity (Wildman–Crippen MR) is 106 cm³/mol. The lowest BCUT2D eigenvalue weighted by Gasteiger charge is -2.31. The predicted octanol–water partition coefficient (Wildman–Crippen LogP) is 3.45. The van der Waals surface area contributed by atoms with E-state index >= 15 is 0 Å².